The van der Waals surface area contributed by atoms with E-state index in [0.29, 0.717) is 23.9 Å². The average Bonchev–Trinajstić information content (AvgIpc) is 2.23. The standard InChI is InChI=1S/C12H14ClNO3/c1-8(17-11-6-16-7-11)12(15)14-10-4-2-3-9(13)5-10/h2-5,8,11H,6-7H2,1H3,(H,14,15). The summed E-state index contributed by atoms with van der Waals surface area (Å²) in [5, 5.41) is 3.33. The number of nitrogens with one attached hydrogen (secondary N) is 1. The Balaban J connectivity index is 1.87. The lowest BCUT2D eigenvalue weighted by Gasteiger charge is -2.28. The molecule has 0 bridgehead atoms. The van der Waals surface area contributed by atoms with E-state index in [4.69, 9.17) is 21.1 Å². The first-order valence-corrected chi connectivity index (χ1v) is 5.82. The summed E-state index contributed by atoms with van der Waals surface area (Å²) in [5.74, 6) is -0.181. The molecule has 1 N–H and O–H groups in total. The van der Waals surface area contributed by atoms with Crippen molar-refractivity contribution in [3.63, 3.8) is 0 Å². The van der Waals surface area contributed by atoms with Crippen molar-refractivity contribution < 1.29 is 14.3 Å². The maximum atomic E-state index is 11.8. The van der Waals surface area contributed by atoms with E-state index in [1.54, 1.807) is 31.2 Å². The van der Waals surface area contributed by atoms with Crippen LogP contribution in [-0.4, -0.2) is 31.3 Å². The van der Waals surface area contributed by atoms with Gasteiger partial charge in [-0.3, -0.25) is 4.79 Å². The molecule has 0 spiro atoms. The van der Waals surface area contributed by atoms with Crippen molar-refractivity contribution in [1.29, 1.82) is 0 Å². The summed E-state index contributed by atoms with van der Waals surface area (Å²) in [4.78, 5) is 11.8. The van der Waals surface area contributed by atoms with Crippen LogP contribution in [0.5, 0.6) is 0 Å². The molecule has 4 nitrogen and oxygen atoms in total. The van der Waals surface area contributed by atoms with Crippen LogP contribution in [0.25, 0.3) is 0 Å². The maximum absolute atomic E-state index is 11.8. The van der Waals surface area contributed by atoms with Crippen LogP contribution in [0.15, 0.2) is 24.3 Å². The number of anilines is 1. The number of hydrogen-bond donors (Lipinski definition) is 1. The molecule has 1 saturated heterocycles. The normalized spacial score (nSPS) is 17.3. The number of hydrogen-bond acceptors (Lipinski definition) is 3. The Kier molecular flexibility index (Phi) is 3.99. The van der Waals surface area contributed by atoms with Crippen LogP contribution in [0.3, 0.4) is 0 Å². The number of rotatable bonds is 4. The highest BCUT2D eigenvalue weighted by molar-refractivity contribution is 6.30. The molecule has 1 heterocycles. The second-order valence-electron chi connectivity index (χ2n) is 3.94. The minimum absolute atomic E-state index is 0.0371. The summed E-state index contributed by atoms with van der Waals surface area (Å²) in [7, 11) is 0. The monoisotopic (exact) mass is 255 g/mol. The SMILES string of the molecule is CC(OC1COC1)C(=O)Nc1cccc(Cl)c1. The first kappa shape index (κ1) is 12.4. The first-order valence-electron chi connectivity index (χ1n) is 5.45. The summed E-state index contributed by atoms with van der Waals surface area (Å²) in [6, 6.07) is 7.01. The first-order chi connectivity index (χ1) is 8.15. The lowest BCUT2D eigenvalue weighted by molar-refractivity contribution is -0.161. The fourth-order valence-electron chi connectivity index (χ4n) is 1.45. The predicted octanol–water partition coefficient (Wildman–Crippen LogP) is 2.08. The van der Waals surface area contributed by atoms with Gasteiger partial charge in [-0.25, -0.2) is 0 Å². The Morgan fingerprint density at radius 1 is 1.59 bits per heavy atom. The quantitative estimate of drug-likeness (QED) is 0.896. The number of ether oxygens (including phenoxy) is 2. The molecule has 1 aromatic carbocycles. The van der Waals surface area contributed by atoms with Gasteiger partial charge in [0.1, 0.15) is 12.2 Å². The van der Waals surface area contributed by atoms with Gasteiger partial charge in [0, 0.05) is 10.7 Å². The Bertz CT molecular complexity index is 406. The molecule has 0 radical (unpaired) electrons. The third-order valence-corrected chi connectivity index (χ3v) is 2.70. The van der Waals surface area contributed by atoms with Crippen LogP contribution >= 0.6 is 11.6 Å². The van der Waals surface area contributed by atoms with E-state index in [1.165, 1.54) is 0 Å². The number of carbonyl (C=O) groups excluding carboxylic acids is 1. The molecule has 1 atom stereocenters. The van der Waals surface area contributed by atoms with Gasteiger partial charge in [-0.15, -0.1) is 0 Å². The van der Waals surface area contributed by atoms with E-state index in [2.05, 4.69) is 5.32 Å². The van der Waals surface area contributed by atoms with Gasteiger partial charge in [0.15, 0.2) is 0 Å². The van der Waals surface area contributed by atoms with Crippen molar-refractivity contribution in [1.82, 2.24) is 0 Å². The molecule has 2 rings (SSSR count). The van der Waals surface area contributed by atoms with Gasteiger partial charge in [0.05, 0.1) is 13.2 Å². The minimum atomic E-state index is -0.497. The predicted molar refractivity (Wildman–Crippen MR) is 65.2 cm³/mol. The van der Waals surface area contributed by atoms with Gasteiger partial charge in [-0.05, 0) is 25.1 Å². The van der Waals surface area contributed by atoms with E-state index < -0.39 is 6.10 Å². The van der Waals surface area contributed by atoms with Gasteiger partial charge in [0.25, 0.3) is 5.91 Å². The van der Waals surface area contributed by atoms with Gasteiger partial charge >= 0.3 is 0 Å². The third kappa shape index (κ3) is 3.43. The second-order valence-corrected chi connectivity index (χ2v) is 4.37. The molecule has 17 heavy (non-hydrogen) atoms. The minimum Gasteiger partial charge on any atom is -0.376 e. The van der Waals surface area contributed by atoms with Gasteiger partial charge in [-0.2, -0.15) is 0 Å². The summed E-state index contributed by atoms with van der Waals surface area (Å²) >= 11 is 5.82. The summed E-state index contributed by atoms with van der Waals surface area (Å²) in [6.07, 6.45) is -0.460. The highest BCUT2D eigenvalue weighted by atomic mass is 35.5. The lowest BCUT2D eigenvalue weighted by atomic mass is 10.2. The van der Waals surface area contributed by atoms with E-state index in [-0.39, 0.29) is 12.0 Å². The van der Waals surface area contributed by atoms with Crippen LogP contribution in [0.1, 0.15) is 6.92 Å². The highest BCUT2D eigenvalue weighted by Gasteiger charge is 2.24. The van der Waals surface area contributed by atoms with Crippen molar-refractivity contribution in [2.75, 3.05) is 18.5 Å². The lowest BCUT2D eigenvalue weighted by Crippen LogP contribution is -2.41. The Hall–Kier alpha value is -1.10. The van der Waals surface area contributed by atoms with Crippen molar-refractivity contribution in [2.45, 2.75) is 19.1 Å². The average molecular weight is 256 g/mol. The summed E-state index contributed by atoms with van der Waals surface area (Å²) in [5.41, 5.74) is 0.669. The molecule has 1 amide bonds. The molecular formula is C12H14ClNO3. The number of amides is 1. The van der Waals surface area contributed by atoms with E-state index in [9.17, 15) is 4.79 Å². The largest absolute Gasteiger partial charge is 0.376 e. The van der Waals surface area contributed by atoms with Crippen molar-refractivity contribution >= 4 is 23.2 Å². The fourth-order valence-corrected chi connectivity index (χ4v) is 1.64. The molecule has 0 aromatic heterocycles. The highest BCUT2D eigenvalue weighted by Crippen LogP contribution is 2.16. The van der Waals surface area contributed by atoms with E-state index >= 15 is 0 Å². The molecule has 0 saturated carbocycles. The Morgan fingerprint density at radius 2 is 2.35 bits per heavy atom. The molecule has 5 heteroatoms. The van der Waals surface area contributed by atoms with Crippen molar-refractivity contribution in [3.05, 3.63) is 29.3 Å². The van der Waals surface area contributed by atoms with Crippen LogP contribution in [0, 0.1) is 0 Å². The molecule has 1 unspecified atom stereocenters. The second kappa shape index (κ2) is 5.49. The zero-order valence-electron chi connectivity index (χ0n) is 9.48. The molecule has 1 aliphatic rings. The fraction of sp³-hybridized carbons (Fsp3) is 0.417. The zero-order valence-corrected chi connectivity index (χ0v) is 10.2. The summed E-state index contributed by atoms with van der Waals surface area (Å²) < 4.78 is 10.5. The summed E-state index contributed by atoms with van der Waals surface area (Å²) in [6.45, 7) is 2.85. The van der Waals surface area contributed by atoms with Crippen LogP contribution in [-0.2, 0) is 14.3 Å². The molecular weight excluding hydrogens is 242 g/mol. The number of halogens is 1. The Labute approximate surface area is 105 Å². The van der Waals surface area contributed by atoms with Crippen LogP contribution < -0.4 is 5.32 Å². The van der Waals surface area contributed by atoms with E-state index in [0.717, 1.165) is 0 Å². The number of carbonyl (C=O) groups is 1. The molecule has 92 valence electrons. The van der Waals surface area contributed by atoms with Gasteiger partial charge < -0.3 is 14.8 Å². The zero-order chi connectivity index (χ0) is 12.3. The molecule has 1 aromatic rings. The maximum Gasteiger partial charge on any atom is 0.253 e. The van der Waals surface area contributed by atoms with Gasteiger partial charge in [-0.1, -0.05) is 17.7 Å². The van der Waals surface area contributed by atoms with Crippen LogP contribution in [0.4, 0.5) is 5.69 Å². The molecule has 1 fully saturated rings. The van der Waals surface area contributed by atoms with E-state index in [1.807, 2.05) is 0 Å². The van der Waals surface area contributed by atoms with Crippen molar-refractivity contribution in [3.8, 4) is 0 Å². The molecule has 0 aliphatic carbocycles. The third-order valence-electron chi connectivity index (χ3n) is 2.47. The topological polar surface area (TPSA) is 47.6 Å². The van der Waals surface area contributed by atoms with Gasteiger partial charge in [0.2, 0.25) is 0 Å². The Morgan fingerprint density at radius 3 is 2.94 bits per heavy atom. The smallest absolute Gasteiger partial charge is 0.253 e. The van der Waals surface area contributed by atoms with Crippen molar-refractivity contribution in [2.24, 2.45) is 0 Å². The number of benzene rings is 1. The molecule has 1 aliphatic heterocycles. The van der Waals surface area contributed by atoms with Crippen LogP contribution in [0.2, 0.25) is 5.02 Å².